The number of aliphatic carboxylic acids is 1. The predicted molar refractivity (Wildman–Crippen MR) is 135 cm³/mol. The summed E-state index contributed by atoms with van der Waals surface area (Å²) < 4.78 is 5.54. The number of carboxylic acid groups (broad SMARTS) is 1. The molecule has 0 aliphatic heterocycles. The number of hydrogen-bond acceptors (Lipinski definition) is 4. The van der Waals surface area contributed by atoms with E-state index in [2.05, 4.69) is 29.6 Å². The highest BCUT2D eigenvalue weighted by atomic mass is 16.5. The van der Waals surface area contributed by atoms with E-state index in [0.717, 1.165) is 19.3 Å². The molecule has 0 fully saturated rings. The zero-order valence-corrected chi connectivity index (χ0v) is 20.9. The quantitative estimate of drug-likeness (QED) is 0.408. The van der Waals surface area contributed by atoms with Gasteiger partial charge in [0, 0.05) is 25.4 Å². The van der Waals surface area contributed by atoms with Gasteiger partial charge in [0.15, 0.2) is 0 Å². The van der Waals surface area contributed by atoms with Crippen LogP contribution < -0.4 is 5.32 Å². The SMILES string of the molecule is CCN(C(=O)CCCCCCNC(=O)OCC1c2ccccc2-c2ccccc21)C(C)(C)C(=O)O. The van der Waals surface area contributed by atoms with Crippen molar-refractivity contribution in [2.24, 2.45) is 0 Å². The van der Waals surface area contributed by atoms with Gasteiger partial charge in [-0.25, -0.2) is 9.59 Å². The van der Waals surface area contributed by atoms with Crippen molar-refractivity contribution < 1.29 is 24.2 Å². The van der Waals surface area contributed by atoms with Gasteiger partial charge in [0.05, 0.1) is 0 Å². The average Bonchev–Trinajstić information content (AvgIpc) is 3.16. The molecule has 2 amide bonds. The zero-order valence-electron chi connectivity index (χ0n) is 20.9. The van der Waals surface area contributed by atoms with Crippen molar-refractivity contribution in [3.05, 3.63) is 59.7 Å². The minimum atomic E-state index is -1.21. The molecule has 1 aliphatic rings. The van der Waals surface area contributed by atoms with Gasteiger partial charge in [-0.2, -0.15) is 0 Å². The normalized spacial score (nSPS) is 12.5. The number of alkyl carbamates (subject to hydrolysis) is 1. The first kappa shape index (κ1) is 26.3. The number of benzene rings is 2. The minimum Gasteiger partial charge on any atom is -0.480 e. The van der Waals surface area contributed by atoms with E-state index in [1.807, 2.05) is 24.3 Å². The van der Waals surface area contributed by atoms with Crippen molar-refractivity contribution in [3.8, 4) is 11.1 Å². The summed E-state index contributed by atoms with van der Waals surface area (Å²) in [7, 11) is 0. The molecule has 7 nitrogen and oxygen atoms in total. The smallest absolute Gasteiger partial charge is 0.407 e. The van der Waals surface area contributed by atoms with Gasteiger partial charge in [-0.15, -0.1) is 0 Å². The number of hydrogen-bond donors (Lipinski definition) is 2. The Kier molecular flexibility index (Phi) is 8.90. The Morgan fingerprint density at radius 1 is 0.943 bits per heavy atom. The van der Waals surface area contributed by atoms with E-state index in [-0.39, 0.29) is 11.8 Å². The Labute approximate surface area is 207 Å². The van der Waals surface area contributed by atoms with Crippen molar-refractivity contribution in [3.63, 3.8) is 0 Å². The second-order valence-corrected chi connectivity index (χ2v) is 9.42. The standard InChI is InChI=1S/C28H36N2O5/c1-4-30(28(2,3)26(32)33)25(31)17-7-5-6-12-18-29-27(34)35-19-24-22-15-10-8-13-20(22)21-14-9-11-16-23(21)24/h8-11,13-16,24H,4-7,12,17-19H2,1-3H3,(H,29,34)(H,32,33). The molecule has 2 aromatic rings. The van der Waals surface area contributed by atoms with Gasteiger partial charge in [0.25, 0.3) is 0 Å². The van der Waals surface area contributed by atoms with Crippen LogP contribution in [0.15, 0.2) is 48.5 Å². The molecule has 0 heterocycles. The first-order chi connectivity index (χ1) is 16.8. The van der Waals surface area contributed by atoms with Crippen molar-refractivity contribution in [1.29, 1.82) is 0 Å². The van der Waals surface area contributed by atoms with E-state index >= 15 is 0 Å². The van der Waals surface area contributed by atoms with Crippen LogP contribution in [-0.4, -0.2) is 53.2 Å². The molecule has 7 heteroatoms. The Hall–Kier alpha value is -3.35. The van der Waals surface area contributed by atoms with Gasteiger partial charge in [-0.05, 0) is 55.9 Å². The summed E-state index contributed by atoms with van der Waals surface area (Å²) in [5.41, 5.74) is 3.56. The van der Waals surface area contributed by atoms with Crippen LogP contribution in [-0.2, 0) is 14.3 Å². The van der Waals surface area contributed by atoms with Crippen LogP contribution in [0, 0.1) is 0 Å². The van der Waals surface area contributed by atoms with Gasteiger partial charge < -0.3 is 20.1 Å². The number of carboxylic acids is 1. The summed E-state index contributed by atoms with van der Waals surface area (Å²) in [4.78, 5) is 37.5. The molecule has 0 unspecified atom stereocenters. The summed E-state index contributed by atoms with van der Waals surface area (Å²) in [5.74, 6) is -1.11. The van der Waals surface area contributed by atoms with Gasteiger partial charge in [0.2, 0.25) is 5.91 Å². The summed E-state index contributed by atoms with van der Waals surface area (Å²) in [6.07, 6.45) is 3.09. The molecule has 3 rings (SSSR count). The fraction of sp³-hybridized carbons (Fsp3) is 0.464. The molecule has 0 radical (unpaired) electrons. The van der Waals surface area contributed by atoms with Crippen molar-refractivity contribution in [1.82, 2.24) is 10.2 Å². The summed E-state index contributed by atoms with van der Waals surface area (Å²) in [6, 6.07) is 16.5. The molecular weight excluding hydrogens is 444 g/mol. The molecule has 35 heavy (non-hydrogen) atoms. The Bertz CT molecular complexity index is 1000. The third kappa shape index (κ3) is 6.21. The molecule has 0 bridgehead atoms. The van der Waals surface area contributed by atoms with Crippen LogP contribution in [0.3, 0.4) is 0 Å². The number of carbonyl (C=O) groups excluding carboxylic acids is 2. The van der Waals surface area contributed by atoms with Crippen molar-refractivity contribution in [2.45, 2.75) is 64.3 Å². The van der Waals surface area contributed by atoms with Crippen LogP contribution in [0.4, 0.5) is 4.79 Å². The monoisotopic (exact) mass is 480 g/mol. The number of carbonyl (C=O) groups is 3. The summed E-state index contributed by atoms with van der Waals surface area (Å²) in [6.45, 7) is 6.05. The first-order valence-corrected chi connectivity index (χ1v) is 12.4. The summed E-state index contributed by atoms with van der Waals surface area (Å²) >= 11 is 0. The molecule has 0 spiro atoms. The Morgan fingerprint density at radius 2 is 1.51 bits per heavy atom. The van der Waals surface area contributed by atoms with Gasteiger partial charge in [-0.1, -0.05) is 61.4 Å². The van der Waals surface area contributed by atoms with Crippen molar-refractivity contribution >= 4 is 18.0 Å². The lowest BCUT2D eigenvalue weighted by Crippen LogP contribution is -2.52. The van der Waals surface area contributed by atoms with Crippen LogP contribution in [0.25, 0.3) is 11.1 Å². The van der Waals surface area contributed by atoms with Crippen LogP contribution >= 0.6 is 0 Å². The highest BCUT2D eigenvalue weighted by Gasteiger charge is 2.36. The number of amides is 2. The van der Waals surface area contributed by atoms with E-state index in [9.17, 15) is 19.5 Å². The third-order valence-corrected chi connectivity index (χ3v) is 6.75. The predicted octanol–water partition coefficient (Wildman–Crippen LogP) is 5.19. The highest BCUT2D eigenvalue weighted by Crippen LogP contribution is 2.44. The van der Waals surface area contributed by atoms with Crippen LogP contribution in [0.1, 0.15) is 69.9 Å². The maximum absolute atomic E-state index is 12.4. The average molecular weight is 481 g/mol. The maximum Gasteiger partial charge on any atom is 0.407 e. The van der Waals surface area contributed by atoms with E-state index in [1.165, 1.54) is 27.2 Å². The van der Waals surface area contributed by atoms with E-state index in [1.54, 1.807) is 20.8 Å². The number of likely N-dealkylation sites (N-methyl/N-ethyl adjacent to an activating group) is 1. The molecule has 0 atom stereocenters. The Balaban J connectivity index is 1.33. The number of fused-ring (bicyclic) bond motifs is 3. The Morgan fingerprint density at radius 3 is 2.09 bits per heavy atom. The number of rotatable bonds is 12. The van der Waals surface area contributed by atoms with Crippen molar-refractivity contribution in [2.75, 3.05) is 19.7 Å². The maximum atomic E-state index is 12.4. The molecule has 2 N–H and O–H groups in total. The first-order valence-electron chi connectivity index (χ1n) is 12.4. The number of unbranched alkanes of at least 4 members (excludes halogenated alkanes) is 3. The van der Waals surface area contributed by atoms with Crippen LogP contribution in [0.2, 0.25) is 0 Å². The fourth-order valence-electron chi connectivity index (χ4n) is 4.73. The highest BCUT2D eigenvalue weighted by molar-refractivity contribution is 5.86. The second-order valence-electron chi connectivity index (χ2n) is 9.42. The number of nitrogens with one attached hydrogen (secondary N) is 1. The molecule has 2 aromatic carbocycles. The topological polar surface area (TPSA) is 95.9 Å². The van der Waals surface area contributed by atoms with E-state index < -0.39 is 17.6 Å². The van der Waals surface area contributed by atoms with Gasteiger partial charge in [0.1, 0.15) is 12.1 Å². The number of nitrogens with zero attached hydrogens (tertiary/aromatic N) is 1. The molecule has 188 valence electrons. The number of ether oxygens (including phenoxy) is 1. The molecule has 1 aliphatic carbocycles. The lowest BCUT2D eigenvalue weighted by atomic mass is 9.98. The lowest BCUT2D eigenvalue weighted by molar-refractivity contribution is -0.156. The summed E-state index contributed by atoms with van der Waals surface area (Å²) in [5, 5.41) is 12.2. The largest absolute Gasteiger partial charge is 0.480 e. The van der Waals surface area contributed by atoms with Gasteiger partial charge in [-0.3, -0.25) is 4.79 Å². The van der Waals surface area contributed by atoms with E-state index in [0.29, 0.717) is 32.5 Å². The zero-order chi connectivity index (χ0) is 25.4. The molecular formula is C28H36N2O5. The molecule has 0 saturated carbocycles. The third-order valence-electron chi connectivity index (χ3n) is 6.75. The van der Waals surface area contributed by atoms with Crippen LogP contribution in [0.5, 0.6) is 0 Å². The minimum absolute atomic E-state index is 0.0412. The molecule has 0 aromatic heterocycles. The molecule has 0 saturated heterocycles. The fourth-order valence-corrected chi connectivity index (χ4v) is 4.73. The van der Waals surface area contributed by atoms with E-state index in [4.69, 9.17) is 4.74 Å². The second kappa shape index (κ2) is 11.9. The lowest BCUT2D eigenvalue weighted by Gasteiger charge is -2.34. The van der Waals surface area contributed by atoms with Gasteiger partial charge >= 0.3 is 12.1 Å².